The molecular formula is C15H22N6O7S3. The zero-order valence-electron chi connectivity index (χ0n) is 17.0. The maximum Gasteiger partial charge on any atom is 0.283 e. The van der Waals surface area contributed by atoms with Gasteiger partial charge < -0.3 is 16.4 Å². The van der Waals surface area contributed by atoms with Crippen LogP contribution in [0, 0.1) is 0 Å². The van der Waals surface area contributed by atoms with Gasteiger partial charge in [-0.1, -0.05) is 16.7 Å². The second-order valence-corrected chi connectivity index (χ2v) is 11.8. The number of nitrogens with zero attached hydrogens (tertiary/aromatic N) is 3. The number of carbonyl (C=O) groups excluding carboxylic acids is 1. The van der Waals surface area contributed by atoms with Crippen LogP contribution < -0.4 is 16.4 Å². The van der Waals surface area contributed by atoms with Crippen molar-refractivity contribution in [3.8, 4) is 0 Å². The van der Waals surface area contributed by atoms with E-state index in [4.69, 9.17) is 13.0 Å². The molecule has 1 aromatic heterocycles. The van der Waals surface area contributed by atoms with Crippen molar-refractivity contribution in [3.63, 3.8) is 0 Å². The molecule has 0 saturated heterocycles. The summed E-state index contributed by atoms with van der Waals surface area (Å²) >= 11 is 0. The van der Waals surface area contributed by atoms with E-state index >= 15 is 0 Å². The third-order valence-corrected chi connectivity index (χ3v) is 8.15. The van der Waals surface area contributed by atoms with Crippen molar-refractivity contribution < 1.29 is 28.9 Å². The zero-order chi connectivity index (χ0) is 23.4. The summed E-state index contributed by atoms with van der Waals surface area (Å²) in [4.78, 5) is 23.1. The van der Waals surface area contributed by atoms with Crippen LogP contribution in [0.15, 0.2) is 33.6 Å². The maximum absolute atomic E-state index is 11.9. The summed E-state index contributed by atoms with van der Waals surface area (Å²) in [6.45, 7) is 1.50. The Hall–Kier alpha value is -2.53. The van der Waals surface area contributed by atoms with E-state index < -0.39 is 30.8 Å². The number of nitrogens with one attached hydrogen (secondary N) is 2. The predicted molar refractivity (Wildman–Crippen MR) is 117 cm³/mol. The molecule has 0 spiro atoms. The molecule has 0 saturated carbocycles. The summed E-state index contributed by atoms with van der Waals surface area (Å²) in [7, 11) is -10.7. The smallest absolute Gasteiger partial charge is 0.283 e. The minimum atomic E-state index is -4.21. The van der Waals surface area contributed by atoms with Gasteiger partial charge in [-0.05, 0) is 12.1 Å². The van der Waals surface area contributed by atoms with E-state index in [2.05, 4.69) is 25.6 Å². The van der Waals surface area contributed by atoms with Crippen molar-refractivity contribution in [3.05, 3.63) is 35.0 Å². The van der Waals surface area contributed by atoms with Gasteiger partial charge in [0.2, 0.25) is 17.0 Å². The molecule has 0 aromatic carbocycles. The predicted octanol–water partition coefficient (Wildman–Crippen LogP) is -0.493. The highest BCUT2D eigenvalue weighted by Gasteiger charge is 2.41. The lowest BCUT2D eigenvalue weighted by Gasteiger charge is -2.32. The number of nitrogens with two attached hydrogens (primary N) is 1. The van der Waals surface area contributed by atoms with Gasteiger partial charge in [0.1, 0.15) is 0 Å². The molecule has 0 aliphatic carbocycles. The fourth-order valence-electron chi connectivity index (χ4n) is 2.22. The Morgan fingerprint density at radius 3 is 2.35 bits per heavy atom. The normalized spacial score (nSPS) is 18.9. The maximum atomic E-state index is 11.9. The molecule has 0 radical (unpaired) electrons. The number of rotatable bonds is 7. The van der Waals surface area contributed by atoms with E-state index in [1.54, 1.807) is 18.2 Å². The van der Waals surface area contributed by atoms with E-state index in [-0.39, 0.29) is 35.0 Å². The summed E-state index contributed by atoms with van der Waals surface area (Å²) in [6, 6.07) is 4.87. The Labute approximate surface area is 181 Å². The van der Waals surface area contributed by atoms with Crippen molar-refractivity contribution in [1.29, 1.82) is 0 Å². The average Bonchev–Trinajstić information content (AvgIpc) is 2.94. The molecule has 0 atom stereocenters. The van der Waals surface area contributed by atoms with Crippen LogP contribution in [0.4, 0.5) is 0 Å². The van der Waals surface area contributed by atoms with Crippen molar-refractivity contribution in [2.75, 3.05) is 19.6 Å². The Bertz CT molecular complexity index is 1140. The molecule has 4 N–H and O–H groups in total. The highest BCUT2D eigenvalue weighted by Crippen LogP contribution is 2.59. The molecular weight excluding hydrogens is 472 g/mol. The number of hydrogen-bond acceptors (Lipinski definition) is 9. The van der Waals surface area contributed by atoms with Gasteiger partial charge in [-0.2, -0.15) is 21.8 Å². The number of guanidine groups is 1. The highest BCUT2D eigenvalue weighted by molar-refractivity contribution is 8.45. The number of pyridine rings is 1. The number of carbonyl (C=O) groups is 1. The molecule has 0 bridgehead atoms. The first kappa shape index (κ1) is 24.7. The van der Waals surface area contributed by atoms with E-state index in [1.807, 2.05) is 0 Å². The largest absolute Gasteiger partial charge is 0.368 e. The second kappa shape index (κ2) is 9.31. The molecule has 1 aliphatic heterocycles. The SMILES string of the molecule is CN=C(N)/N=C1\NC(c2cccc(CNC(C)=O)n2)=CS1(OS(C)(=O)=O)OS(C)(=O)=O. The van der Waals surface area contributed by atoms with Gasteiger partial charge in [-0.3, -0.25) is 9.79 Å². The first-order valence-corrected chi connectivity index (χ1v) is 13.6. The van der Waals surface area contributed by atoms with Gasteiger partial charge >= 0.3 is 0 Å². The van der Waals surface area contributed by atoms with Crippen LogP contribution in [-0.4, -0.2) is 58.4 Å². The third-order valence-electron chi connectivity index (χ3n) is 3.28. The second-order valence-electron chi connectivity index (χ2n) is 6.17. The zero-order valence-corrected chi connectivity index (χ0v) is 19.5. The number of amides is 1. The molecule has 2 heterocycles. The molecule has 0 unspecified atom stereocenters. The van der Waals surface area contributed by atoms with Gasteiger partial charge in [-0.15, -0.1) is 7.26 Å². The van der Waals surface area contributed by atoms with E-state index in [9.17, 15) is 21.6 Å². The Morgan fingerprint density at radius 1 is 1.23 bits per heavy atom. The lowest BCUT2D eigenvalue weighted by molar-refractivity contribution is -0.119. The Balaban J connectivity index is 2.63. The van der Waals surface area contributed by atoms with E-state index in [1.165, 1.54) is 14.0 Å². The molecule has 0 fully saturated rings. The first-order chi connectivity index (χ1) is 14.2. The summed E-state index contributed by atoms with van der Waals surface area (Å²) in [6.07, 6.45) is 1.47. The molecule has 2 rings (SSSR count). The number of aromatic nitrogens is 1. The molecule has 172 valence electrons. The standard InChI is InChI=1S/C15H22N6O7S3/c1-10(22)18-8-11-6-5-7-12(19-11)13-9-31(27-29(3,23)24,28-30(4,25)26)15(20-13)21-14(16)17-2/h5-7,9H,8H2,1-4H3,(H,18,22)(H3,16,17,20,21). The van der Waals surface area contributed by atoms with Gasteiger partial charge in [-0.25, -0.2) is 4.98 Å². The van der Waals surface area contributed by atoms with Crippen molar-refractivity contribution in [2.45, 2.75) is 13.5 Å². The average molecular weight is 495 g/mol. The van der Waals surface area contributed by atoms with E-state index in [0.717, 1.165) is 17.9 Å². The topological polar surface area (TPSA) is 191 Å². The van der Waals surface area contributed by atoms with Crippen LogP contribution in [0.2, 0.25) is 0 Å². The van der Waals surface area contributed by atoms with Gasteiger partial charge in [0.05, 0.1) is 41.5 Å². The van der Waals surface area contributed by atoms with Crippen molar-refractivity contribution in [1.82, 2.24) is 15.6 Å². The summed E-state index contributed by atoms with van der Waals surface area (Å²) in [5.74, 6) is -0.531. The first-order valence-electron chi connectivity index (χ1n) is 8.39. The van der Waals surface area contributed by atoms with Gasteiger partial charge in [0.15, 0.2) is 0 Å². The summed E-state index contributed by atoms with van der Waals surface area (Å²) in [5.41, 5.74) is 6.56. The van der Waals surface area contributed by atoms with Crippen LogP contribution in [-0.2, 0) is 38.8 Å². The number of amidine groups is 1. The lowest BCUT2D eigenvalue weighted by atomic mass is 10.2. The van der Waals surface area contributed by atoms with Crippen molar-refractivity contribution in [2.24, 2.45) is 15.7 Å². The number of hydrogen-bond donors (Lipinski definition) is 3. The summed E-state index contributed by atoms with van der Waals surface area (Å²) in [5, 5.41) is 6.19. The van der Waals surface area contributed by atoms with Crippen LogP contribution in [0.5, 0.6) is 0 Å². The monoisotopic (exact) mass is 494 g/mol. The van der Waals surface area contributed by atoms with Crippen molar-refractivity contribution >= 4 is 53.6 Å². The van der Waals surface area contributed by atoms with E-state index in [0.29, 0.717) is 5.69 Å². The molecule has 1 aliphatic rings. The van der Waals surface area contributed by atoms with Gasteiger partial charge in [0, 0.05) is 14.0 Å². The molecule has 16 heteroatoms. The fourth-order valence-corrected chi connectivity index (χ4v) is 7.36. The van der Waals surface area contributed by atoms with Crippen LogP contribution >= 0.6 is 10.6 Å². The quantitative estimate of drug-likeness (QED) is 0.329. The van der Waals surface area contributed by atoms with Crippen LogP contribution in [0.25, 0.3) is 5.70 Å². The Kier molecular flexibility index (Phi) is 7.43. The fraction of sp³-hybridized carbons (Fsp3) is 0.333. The van der Waals surface area contributed by atoms with Gasteiger partial charge in [0.25, 0.3) is 20.2 Å². The highest BCUT2D eigenvalue weighted by atomic mass is 32.4. The van der Waals surface area contributed by atoms with Crippen LogP contribution in [0.1, 0.15) is 18.3 Å². The lowest BCUT2D eigenvalue weighted by Crippen LogP contribution is -2.28. The third kappa shape index (κ3) is 7.28. The van der Waals surface area contributed by atoms with Crippen LogP contribution in [0.3, 0.4) is 0 Å². The molecule has 1 aromatic rings. The minimum absolute atomic E-state index is 0.143. The molecule has 31 heavy (non-hydrogen) atoms. The number of aliphatic imine (C=N–C) groups is 2. The Morgan fingerprint density at radius 2 is 1.84 bits per heavy atom. The summed E-state index contributed by atoms with van der Waals surface area (Å²) < 4.78 is 57.8. The minimum Gasteiger partial charge on any atom is -0.368 e. The molecule has 13 nitrogen and oxygen atoms in total. The molecule has 1 amide bonds.